The zero-order valence-electron chi connectivity index (χ0n) is 13.4. The molecule has 1 unspecified atom stereocenters. The van der Waals surface area contributed by atoms with E-state index in [1.54, 1.807) is 0 Å². The minimum Gasteiger partial charge on any atom is -0.388 e. The first-order valence-electron chi connectivity index (χ1n) is 8.18. The molecule has 24 heavy (non-hydrogen) atoms. The molecule has 1 atom stereocenters. The first kappa shape index (κ1) is 18.7. The molecule has 0 bridgehead atoms. The molecule has 1 aliphatic rings. The van der Waals surface area contributed by atoms with Gasteiger partial charge in [0.25, 0.3) is 0 Å². The van der Waals surface area contributed by atoms with E-state index < -0.39 is 18.2 Å². The van der Waals surface area contributed by atoms with E-state index in [0.29, 0.717) is 13.0 Å². The maximum atomic E-state index is 12.0. The summed E-state index contributed by atoms with van der Waals surface area (Å²) in [7, 11) is 0. The average Bonchev–Trinajstić information content (AvgIpc) is 2.58. The van der Waals surface area contributed by atoms with Gasteiger partial charge < -0.3 is 15.3 Å². The van der Waals surface area contributed by atoms with Crippen molar-refractivity contribution in [3.05, 3.63) is 35.9 Å². The molecule has 7 heteroatoms. The fourth-order valence-electron chi connectivity index (χ4n) is 3.02. The second kappa shape index (κ2) is 8.48. The van der Waals surface area contributed by atoms with E-state index in [1.807, 2.05) is 35.6 Å². The topological polar surface area (TPSA) is 52.6 Å². The lowest BCUT2D eigenvalue weighted by Gasteiger charge is -2.34. The molecule has 1 saturated heterocycles. The van der Waals surface area contributed by atoms with Crippen LogP contribution in [-0.2, 0) is 4.79 Å². The number of carbonyl (C=O) groups is 1. The number of nitrogens with one attached hydrogen (secondary N) is 1. The van der Waals surface area contributed by atoms with E-state index in [4.69, 9.17) is 0 Å². The molecule has 0 saturated carbocycles. The third-order valence-corrected chi connectivity index (χ3v) is 4.41. The number of nitrogens with zero attached hydrogens (tertiary/aromatic N) is 1. The van der Waals surface area contributed by atoms with Crippen LogP contribution in [0.3, 0.4) is 0 Å². The molecule has 1 amide bonds. The van der Waals surface area contributed by atoms with Crippen LogP contribution in [0.25, 0.3) is 0 Å². The van der Waals surface area contributed by atoms with Gasteiger partial charge in [0.1, 0.15) is 0 Å². The van der Waals surface area contributed by atoms with Crippen LogP contribution in [0.1, 0.15) is 30.9 Å². The molecule has 1 aliphatic heterocycles. The summed E-state index contributed by atoms with van der Waals surface area (Å²) >= 11 is 0. The van der Waals surface area contributed by atoms with Crippen molar-refractivity contribution < 1.29 is 23.1 Å². The van der Waals surface area contributed by atoms with Gasteiger partial charge in [-0.05, 0) is 50.4 Å². The van der Waals surface area contributed by atoms with Crippen molar-refractivity contribution in [2.75, 3.05) is 26.2 Å². The second-order valence-electron chi connectivity index (χ2n) is 6.14. The van der Waals surface area contributed by atoms with Gasteiger partial charge in [0.15, 0.2) is 0 Å². The van der Waals surface area contributed by atoms with Gasteiger partial charge in [-0.25, -0.2) is 0 Å². The highest BCUT2D eigenvalue weighted by atomic mass is 19.4. The number of benzene rings is 1. The van der Waals surface area contributed by atoms with Gasteiger partial charge in [-0.15, -0.1) is 0 Å². The van der Waals surface area contributed by atoms with Gasteiger partial charge in [0, 0.05) is 6.54 Å². The maximum Gasteiger partial charge on any atom is 0.471 e. The van der Waals surface area contributed by atoms with E-state index in [-0.39, 0.29) is 12.5 Å². The van der Waals surface area contributed by atoms with Crippen molar-refractivity contribution in [1.82, 2.24) is 10.2 Å². The van der Waals surface area contributed by atoms with Crippen molar-refractivity contribution in [2.24, 2.45) is 5.92 Å². The van der Waals surface area contributed by atoms with E-state index >= 15 is 0 Å². The number of piperidine rings is 1. The Morgan fingerprint density at radius 3 is 2.46 bits per heavy atom. The quantitative estimate of drug-likeness (QED) is 0.780. The Balaban J connectivity index is 1.65. The SMILES string of the molecule is O=C(NCCCN1CCC(C(O)c2ccccc2)CC1)C(F)(F)F. The van der Waals surface area contributed by atoms with Gasteiger partial charge in [0.2, 0.25) is 0 Å². The molecule has 0 aliphatic carbocycles. The summed E-state index contributed by atoms with van der Waals surface area (Å²) in [6.07, 6.45) is -3.10. The number of rotatable bonds is 6. The minimum absolute atomic E-state index is 0.0188. The lowest BCUT2D eigenvalue weighted by molar-refractivity contribution is -0.173. The average molecular weight is 344 g/mol. The van der Waals surface area contributed by atoms with E-state index in [1.165, 1.54) is 0 Å². The third-order valence-electron chi connectivity index (χ3n) is 4.41. The summed E-state index contributed by atoms with van der Waals surface area (Å²) in [6.45, 7) is 2.28. The van der Waals surface area contributed by atoms with Crippen LogP contribution in [0.4, 0.5) is 13.2 Å². The monoisotopic (exact) mass is 344 g/mol. The molecule has 1 aromatic rings. The number of hydrogen-bond acceptors (Lipinski definition) is 3. The number of amides is 1. The standard InChI is InChI=1S/C17H23F3N2O2/c18-17(19,20)16(24)21-9-4-10-22-11-7-14(8-12-22)15(23)13-5-2-1-3-6-13/h1-3,5-6,14-15,23H,4,7-12H2,(H,21,24). The van der Waals surface area contributed by atoms with Crippen LogP contribution in [-0.4, -0.2) is 48.3 Å². The van der Waals surface area contributed by atoms with Gasteiger partial charge in [-0.3, -0.25) is 4.79 Å². The van der Waals surface area contributed by atoms with Gasteiger partial charge >= 0.3 is 12.1 Å². The Morgan fingerprint density at radius 2 is 1.88 bits per heavy atom. The van der Waals surface area contributed by atoms with E-state index in [0.717, 1.165) is 31.5 Å². The van der Waals surface area contributed by atoms with Gasteiger partial charge in [-0.2, -0.15) is 13.2 Å². The van der Waals surface area contributed by atoms with Crippen LogP contribution < -0.4 is 5.32 Å². The Hall–Kier alpha value is -1.60. The van der Waals surface area contributed by atoms with Crippen molar-refractivity contribution >= 4 is 5.91 Å². The molecular formula is C17H23F3N2O2. The van der Waals surface area contributed by atoms with Crippen LogP contribution in [0.2, 0.25) is 0 Å². The predicted octanol–water partition coefficient (Wildman–Crippen LogP) is 2.50. The molecule has 4 nitrogen and oxygen atoms in total. The molecule has 1 aromatic carbocycles. The number of aliphatic hydroxyl groups is 1. The first-order valence-corrected chi connectivity index (χ1v) is 8.18. The molecule has 0 radical (unpaired) electrons. The van der Waals surface area contributed by atoms with Crippen LogP contribution in [0, 0.1) is 5.92 Å². The zero-order valence-corrected chi connectivity index (χ0v) is 13.4. The molecule has 134 valence electrons. The number of aliphatic hydroxyl groups excluding tert-OH is 1. The fraction of sp³-hybridized carbons (Fsp3) is 0.588. The normalized spacial score (nSPS) is 18.3. The summed E-state index contributed by atoms with van der Waals surface area (Å²) in [5, 5.41) is 12.3. The Morgan fingerprint density at radius 1 is 1.25 bits per heavy atom. The first-order chi connectivity index (χ1) is 11.4. The Kier molecular flexibility index (Phi) is 6.62. The predicted molar refractivity (Wildman–Crippen MR) is 84.2 cm³/mol. The summed E-state index contributed by atoms with van der Waals surface area (Å²) < 4.78 is 36.1. The Bertz CT molecular complexity index is 514. The fourth-order valence-corrected chi connectivity index (χ4v) is 3.02. The highest BCUT2D eigenvalue weighted by Gasteiger charge is 2.38. The van der Waals surface area contributed by atoms with E-state index in [9.17, 15) is 23.1 Å². The van der Waals surface area contributed by atoms with Gasteiger partial charge in [0.05, 0.1) is 6.10 Å². The highest BCUT2D eigenvalue weighted by Crippen LogP contribution is 2.30. The minimum atomic E-state index is -4.81. The van der Waals surface area contributed by atoms with Crippen molar-refractivity contribution in [3.8, 4) is 0 Å². The Labute approximate surface area is 139 Å². The second-order valence-corrected chi connectivity index (χ2v) is 6.14. The van der Waals surface area contributed by atoms with Crippen molar-refractivity contribution in [3.63, 3.8) is 0 Å². The summed E-state index contributed by atoms with van der Waals surface area (Å²) in [5.41, 5.74) is 0.922. The molecular weight excluding hydrogens is 321 g/mol. The molecule has 1 heterocycles. The molecule has 2 rings (SSSR count). The lowest BCUT2D eigenvalue weighted by Crippen LogP contribution is -2.40. The largest absolute Gasteiger partial charge is 0.471 e. The number of halogens is 3. The summed E-state index contributed by atoms with van der Waals surface area (Å²) in [6, 6.07) is 9.56. The van der Waals surface area contributed by atoms with Crippen molar-refractivity contribution in [1.29, 1.82) is 0 Å². The van der Waals surface area contributed by atoms with E-state index in [2.05, 4.69) is 4.90 Å². The number of carbonyl (C=O) groups excluding carboxylic acids is 1. The lowest BCUT2D eigenvalue weighted by atomic mass is 9.87. The summed E-state index contributed by atoms with van der Waals surface area (Å²) in [5.74, 6) is -1.68. The number of hydrogen-bond donors (Lipinski definition) is 2. The zero-order chi connectivity index (χ0) is 17.6. The summed E-state index contributed by atoms with van der Waals surface area (Å²) in [4.78, 5) is 12.9. The van der Waals surface area contributed by atoms with Crippen LogP contribution >= 0.6 is 0 Å². The third kappa shape index (κ3) is 5.49. The highest BCUT2D eigenvalue weighted by molar-refractivity contribution is 5.81. The van der Waals surface area contributed by atoms with Crippen molar-refractivity contribution in [2.45, 2.75) is 31.5 Å². The maximum absolute atomic E-state index is 12.0. The van der Waals surface area contributed by atoms with Crippen LogP contribution in [0.5, 0.6) is 0 Å². The smallest absolute Gasteiger partial charge is 0.388 e. The number of alkyl halides is 3. The molecule has 2 N–H and O–H groups in total. The van der Waals surface area contributed by atoms with Crippen LogP contribution in [0.15, 0.2) is 30.3 Å². The molecule has 1 fully saturated rings. The van der Waals surface area contributed by atoms with Gasteiger partial charge in [-0.1, -0.05) is 30.3 Å². The molecule has 0 aromatic heterocycles. The number of likely N-dealkylation sites (tertiary alicyclic amines) is 1. The molecule has 0 spiro atoms.